The highest BCUT2D eigenvalue weighted by molar-refractivity contribution is 5.80. The molecule has 0 saturated heterocycles. The van der Waals surface area contributed by atoms with Crippen molar-refractivity contribution in [2.24, 2.45) is 0 Å². The SMILES string of the molecule is CCC(C)(C)NC(=O)C(C)n1cc(C(C)O)nn1. The van der Waals surface area contributed by atoms with Gasteiger partial charge in [-0.05, 0) is 34.1 Å². The Labute approximate surface area is 107 Å². The molecule has 0 radical (unpaired) electrons. The topological polar surface area (TPSA) is 80.0 Å². The second kappa shape index (κ2) is 5.48. The van der Waals surface area contributed by atoms with Crippen LogP contribution in [0.2, 0.25) is 0 Å². The Morgan fingerprint density at radius 1 is 1.56 bits per heavy atom. The van der Waals surface area contributed by atoms with Crippen LogP contribution in [0.15, 0.2) is 6.20 Å². The maximum atomic E-state index is 12.0. The lowest BCUT2D eigenvalue weighted by Gasteiger charge is -2.26. The van der Waals surface area contributed by atoms with Crippen LogP contribution in [-0.4, -0.2) is 31.5 Å². The Balaban J connectivity index is 2.74. The van der Waals surface area contributed by atoms with Gasteiger partial charge in [0.15, 0.2) is 0 Å². The molecule has 1 aromatic rings. The van der Waals surface area contributed by atoms with Crippen LogP contribution in [0.5, 0.6) is 0 Å². The van der Waals surface area contributed by atoms with Gasteiger partial charge in [0.2, 0.25) is 5.91 Å². The molecule has 0 fully saturated rings. The van der Waals surface area contributed by atoms with Crippen molar-refractivity contribution in [1.82, 2.24) is 20.3 Å². The summed E-state index contributed by atoms with van der Waals surface area (Å²) in [6.07, 6.45) is 1.76. The van der Waals surface area contributed by atoms with E-state index in [9.17, 15) is 9.90 Å². The maximum absolute atomic E-state index is 12.0. The number of carbonyl (C=O) groups excluding carboxylic acids is 1. The first-order valence-electron chi connectivity index (χ1n) is 6.18. The van der Waals surface area contributed by atoms with Crippen molar-refractivity contribution in [3.63, 3.8) is 0 Å². The third-order valence-corrected chi connectivity index (χ3v) is 3.08. The number of rotatable bonds is 5. The van der Waals surface area contributed by atoms with E-state index >= 15 is 0 Å². The number of aliphatic hydroxyl groups is 1. The van der Waals surface area contributed by atoms with Crippen LogP contribution in [-0.2, 0) is 4.79 Å². The molecule has 6 nitrogen and oxygen atoms in total. The smallest absolute Gasteiger partial charge is 0.245 e. The lowest BCUT2D eigenvalue weighted by Crippen LogP contribution is -2.45. The second-order valence-electron chi connectivity index (χ2n) is 5.20. The molecule has 0 spiro atoms. The van der Waals surface area contributed by atoms with Crippen LogP contribution < -0.4 is 5.32 Å². The summed E-state index contributed by atoms with van der Waals surface area (Å²) in [5, 5.41) is 20.0. The van der Waals surface area contributed by atoms with Gasteiger partial charge in [0.05, 0.1) is 12.3 Å². The predicted molar refractivity (Wildman–Crippen MR) is 67.9 cm³/mol. The van der Waals surface area contributed by atoms with Crippen LogP contribution in [0.1, 0.15) is 58.9 Å². The fourth-order valence-electron chi connectivity index (χ4n) is 1.32. The van der Waals surface area contributed by atoms with Crippen LogP contribution in [0, 0.1) is 0 Å². The molecule has 6 heteroatoms. The summed E-state index contributed by atoms with van der Waals surface area (Å²) in [6.45, 7) is 9.33. The highest BCUT2D eigenvalue weighted by atomic mass is 16.3. The number of hydrogen-bond donors (Lipinski definition) is 2. The minimum absolute atomic E-state index is 0.108. The molecular formula is C12H22N4O2. The minimum Gasteiger partial charge on any atom is -0.387 e. The molecule has 0 aliphatic rings. The summed E-state index contributed by atoms with van der Waals surface area (Å²) in [5.41, 5.74) is 0.225. The van der Waals surface area contributed by atoms with Gasteiger partial charge >= 0.3 is 0 Å². The van der Waals surface area contributed by atoms with Gasteiger partial charge in [-0.15, -0.1) is 5.10 Å². The molecule has 1 aromatic heterocycles. The van der Waals surface area contributed by atoms with E-state index < -0.39 is 12.1 Å². The van der Waals surface area contributed by atoms with E-state index in [2.05, 4.69) is 15.6 Å². The number of carbonyl (C=O) groups is 1. The van der Waals surface area contributed by atoms with Gasteiger partial charge < -0.3 is 10.4 Å². The zero-order valence-electron chi connectivity index (χ0n) is 11.6. The molecule has 2 N–H and O–H groups in total. The molecule has 0 aromatic carbocycles. The Bertz CT molecular complexity index is 412. The first-order valence-corrected chi connectivity index (χ1v) is 6.18. The van der Waals surface area contributed by atoms with E-state index in [0.717, 1.165) is 6.42 Å². The third kappa shape index (κ3) is 3.53. The van der Waals surface area contributed by atoms with Crippen molar-refractivity contribution < 1.29 is 9.90 Å². The molecule has 0 bridgehead atoms. The summed E-state index contributed by atoms with van der Waals surface area (Å²) >= 11 is 0. The molecule has 1 heterocycles. The summed E-state index contributed by atoms with van der Waals surface area (Å²) in [5.74, 6) is -0.108. The van der Waals surface area contributed by atoms with Crippen molar-refractivity contribution in [3.8, 4) is 0 Å². The maximum Gasteiger partial charge on any atom is 0.245 e. The van der Waals surface area contributed by atoms with E-state index in [4.69, 9.17) is 0 Å². The number of hydrogen-bond acceptors (Lipinski definition) is 4. The summed E-state index contributed by atoms with van der Waals surface area (Å²) < 4.78 is 1.46. The zero-order chi connectivity index (χ0) is 13.9. The molecule has 2 unspecified atom stereocenters. The molecule has 0 aliphatic carbocycles. The van der Waals surface area contributed by atoms with Crippen molar-refractivity contribution in [3.05, 3.63) is 11.9 Å². The number of aliphatic hydroxyl groups excluding tert-OH is 1. The molecule has 0 aliphatic heterocycles. The highest BCUT2D eigenvalue weighted by Gasteiger charge is 2.23. The Morgan fingerprint density at radius 3 is 2.61 bits per heavy atom. The third-order valence-electron chi connectivity index (χ3n) is 3.08. The average Bonchev–Trinajstić information content (AvgIpc) is 2.76. The van der Waals surface area contributed by atoms with E-state index in [1.807, 2.05) is 20.8 Å². The van der Waals surface area contributed by atoms with E-state index in [-0.39, 0.29) is 11.4 Å². The van der Waals surface area contributed by atoms with E-state index in [1.165, 1.54) is 4.68 Å². The lowest BCUT2D eigenvalue weighted by atomic mass is 10.0. The van der Waals surface area contributed by atoms with Crippen molar-refractivity contribution in [1.29, 1.82) is 0 Å². The van der Waals surface area contributed by atoms with Gasteiger partial charge in [0.1, 0.15) is 11.7 Å². The second-order valence-corrected chi connectivity index (χ2v) is 5.20. The largest absolute Gasteiger partial charge is 0.387 e. The van der Waals surface area contributed by atoms with Crippen LogP contribution in [0.25, 0.3) is 0 Å². The molecular weight excluding hydrogens is 232 g/mol. The van der Waals surface area contributed by atoms with Crippen LogP contribution in [0.3, 0.4) is 0 Å². The minimum atomic E-state index is -0.680. The summed E-state index contributed by atoms with van der Waals surface area (Å²) in [4.78, 5) is 12.0. The quantitative estimate of drug-likeness (QED) is 0.827. The molecule has 18 heavy (non-hydrogen) atoms. The lowest BCUT2D eigenvalue weighted by molar-refractivity contribution is -0.125. The number of nitrogens with zero attached hydrogens (tertiary/aromatic N) is 3. The van der Waals surface area contributed by atoms with Gasteiger partial charge in [-0.25, -0.2) is 4.68 Å². The first-order chi connectivity index (χ1) is 8.26. The van der Waals surface area contributed by atoms with Crippen LogP contribution in [0.4, 0.5) is 0 Å². The van der Waals surface area contributed by atoms with E-state index in [0.29, 0.717) is 5.69 Å². The number of nitrogens with one attached hydrogen (secondary N) is 1. The Kier molecular flexibility index (Phi) is 4.45. The number of aromatic nitrogens is 3. The van der Waals surface area contributed by atoms with Crippen LogP contribution >= 0.6 is 0 Å². The standard InChI is InChI=1S/C12H22N4O2/c1-6-12(4,5)13-11(18)8(2)16-7-10(9(3)17)14-15-16/h7-9,17H,6H2,1-5H3,(H,13,18). The normalized spacial score (nSPS) is 15.2. The summed E-state index contributed by atoms with van der Waals surface area (Å²) in [7, 11) is 0. The molecule has 102 valence electrons. The van der Waals surface area contributed by atoms with Gasteiger partial charge in [-0.1, -0.05) is 12.1 Å². The average molecular weight is 254 g/mol. The van der Waals surface area contributed by atoms with Crippen molar-refractivity contribution in [2.75, 3.05) is 0 Å². The number of amides is 1. The Morgan fingerprint density at radius 2 is 2.17 bits per heavy atom. The molecule has 1 amide bonds. The van der Waals surface area contributed by atoms with Gasteiger partial charge in [-0.3, -0.25) is 4.79 Å². The van der Waals surface area contributed by atoms with E-state index in [1.54, 1.807) is 20.0 Å². The fourth-order valence-corrected chi connectivity index (χ4v) is 1.32. The predicted octanol–water partition coefficient (Wildman–Crippen LogP) is 1.20. The monoisotopic (exact) mass is 254 g/mol. The van der Waals surface area contributed by atoms with Crippen molar-refractivity contribution >= 4 is 5.91 Å². The summed E-state index contributed by atoms with van der Waals surface area (Å²) in [6, 6.07) is -0.448. The molecule has 2 atom stereocenters. The van der Waals surface area contributed by atoms with Gasteiger partial charge in [0, 0.05) is 5.54 Å². The first kappa shape index (κ1) is 14.6. The Hall–Kier alpha value is -1.43. The zero-order valence-corrected chi connectivity index (χ0v) is 11.6. The molecule has 0 saturated carbocycles. The van der Waals surface area contributed by atoms with Gasteiger partial charge in [0.25, 0.3) is 0 Å². The fraction of sp³-hybridized carbons (Fsp3) is 0.750. The highest BCUT2D eigenvalue weighted by Crippen LogP contribution is 2.13. The van der Waals surface area contributed by atoms with Crippen molar-refractivity contribution in [2.45, 2.75) is 58.7 Å². The van der Waals surface area contributed by atoms with Gasteiger partial charge in [-0.2, -0.15) is 0 Å². The molecule has 1 rings (SSSR count).